The molecule has 48 valence electrons. The predicted octanol–water partition coefficient (Wildman–Crippen LogP) is 1.34. The van der Waals surface area contributed by atoms with E-state index in [0.29, 0.717) is 0 Å². The van der Waals surface area contributed by atoms with Crippen LogP contribution in [0.1, 0.15) is 11.1 Å². The first-order valence-electron chi connectivity index (χ1n) is 2.59. The maximum atomic E-state index is 7.08. The standard InChI is InChI=1S/C6H8N2S/c1-4-2-9-3-5(4)6(7)8/h2-3H,1H3,(H3,7,8). The highest BCUT2D eigenvalue weighted by atomic mass is 32.1. The third-order valence-corrected chi connectivity index (χ3v) is 2.01. The zero-order valence-corrected chi connectivity index (χ0v) is 5.96. The smallest absolute Gasteiger partial charge is 0.123 e. The lowest BCUT2D eigenvalue weighted by Crippen LogP contribution is -2.10. The van der Waals surface area contributed by atoms with Crippen LogP contribution in [0.4, 0.5) is 0 Å². The summed E-state index contributed by atoms with van der Waals surface area (Å²) in [5.41, 5.74) is 7.20. The van der Waals surface area contributed by atoms with Crippen LogP contribution in [0.3, 0.4) is 0 Å². The number of amidine groups is 1. The molecule has 1 rings (SSSR count). The third-order valence-electron chi connectivity index (χ3n) is 1.15. The van der Waals surface area contributed by atoms with Gasteiger partial charge in [-0.05, 0) is 17.9 Å². The van der Waals surface area contributed by atoms with Gasteiger partial charge in [0, 0.05) is 10.9 Å². The van der Waals surface area contributed by atoms with E-state index in [4.69, 9.17) is 11.1 Å². The molecule has 0 unspecified atom stereocenters. The van der Waals surface area contributed by atoms with E-state index < -0.39 is 0 Å². The minimum Gasteiger partial charge on any atom is -0.384 e. The molecule has 0 spiro atoms. The summed E-state index contributed by atoms with van der Waals surface area (Å²) in [5, 5.41) is 10.9. The van der Waals surface area contributed by atoms with Gasteiger partial charge in [-0.3, -0.25) is 5.41 Å². The summed E-state index contributed by atoms with van der Waals surface area (Å²) in [4.78, 5) is 0. The van der Waals surface area contributed by atoms with Crippen LogP contribution in [0.5, 0.6) is 0 Å². The third kappa shape index (κ3) is 1.10. The van der Waals surface area contributed by atoms with Crippen LogP contribution in [0.25, 0.3) is 0 Å². The Morgan fingerprint density at radius 3 is 2.56 bits per heavy atom. The number of nitrogen functional groups attached to an aromatic ring is 1. The highest BCUT2D eigenvalue weighted by molar-refractivity contribution is 7.08. The van der Waals surface area contributed by atoms with Crippen LogP contribution in [0.2, 0.25) is 0 Å². The molecule has 0 saturated heterocycles. The zero-order valence-electron chi connectivity index (χ0n) is 5.14. The van der Waals surface area contributed by atoms with E-state index in [9.17, 15) is 0 Å². The summed E-state index contributed by atoms with van der Waals surface area (Å²) in [6, 6.07) is 0. The highest BCUT2D eigenvalue weighted by Gasteiger charge is 1.99. The topological polar surface area (TPSA) is 49.9 Å². The van der Waals surface area contributed by atoms with Gasteiger partial charge < -0.3 is 5.73 Å². The number of thiophene rings is 1. The molecule has 0 atom stereocenters. The maximum absolute atomic E-state index is 7.08. The van der Waals surface area contributed by atoms with Gasteiger partial charge in [0.15, 0.2) is 0 Å². The van der Waals surface area contributed by atoms with Crippen LogP contribution in [-0.2, 0) is 0 Å². The van der Waals surface area contributed by atoms with Gasteiger partial charge in [0.1, 0.15) is 5.84 Å². The highest BCUT2D eigenvalue weighted by Crippen LogP contribution is 2.11. The Morgan fingerprint density at radius 1 is 1.67 bits per heavy atom. The largest absolute Gasteiger partial charge is 0.384 e. The average Bonchev–Trinajstić information content (AvgIpc) is 2.13. The van der Waals surface area contributed by atoms with Gasteiger partial charge in [0.25, 0.3) is 0 Å². The quantitative estimate of drug-likeness (QED) is 0.449. The first-order chi connectivity index (χ1) is 4.22. The lowest BCUT2D eigenvalue weighted by atomic mass is 10.2. The molecule has 1 aromatic heterocycles. The maximum Gasteiger partial charge on any atom is 0.123 e. The lowest BCUT2D eigenvalue weighted by Gasteiger charge is -1.91. The molecule has 0 amide bonds. The first-order valence-corrected chi connectivity index (χ1v) is 3.53. The summed E-state index contributed by atoms with van der Waals surface area (Å²) < 4.78 is 0. The molecule has 1 aromatic rings. The van der Waals surface area contributed by atoms with Crippen LogP contribution in [0, 0.1) is 12.3 Å². The van der Waals surface area contributed by atoms with E-state index in [2.05, 4.69) is 0 Å². The average molecular weight is 140 g/mol. The monoisotopic (exact) mass is 140 g/mol. The molecule has 3 heteroatoms. The molecule has 1 heterocycles. The molecule has 0 aliphatic rings. The second kappa shape index (κ2) is 2.19. The van der Waals surface area contributed by atoms with Gasteiger partial charge in [0.05, 0.1) is 0 Å². The Bertz CT molecular complexity index is 227. The lowest BCUT2D eigenvalue weighted by molar-refractivity contribution is 1.40. The number of hydrogen-bond donors (Lipinski definition) is 2. The summed E-state index contributed by atoms with van der Waals surface area (Å²) in [6.45, 7) is 1.95. The van der Waals surface area contributed by atoms with Crippen molar-refractivity contribution in [3.8, 4) is 0 Å². The number of rotatable bonds is 1. The second-order valence-corrected chi connectivity index (χ2v) is 2.63. The molecule has 0 aromatic carbocycles. The first kappa shape index (κ1) is 6.29. The van der Waals surface area contributed by atoms with Crippen molar-refractivity contribution in [1.82, 2.24) is 0 Å². The summed E-state index contributed by atoms with van der Waals surface area (Å²) in [5.74, 6) is 0.161. The Balaban J connectivity index is 3.08. The normalized spacial score (nSPS) is 9.44. The van der Waals surface area contributed by atoms with Crippen molar-refractivity contribution in [3.05, 3.63) is 21.9 Å². The summed E-state index contributed by atoms with van der Waals surface area (Å²) >= 11 is 1.57. The Labute approximate surface area is 57.8 Å². The van der Waals surface area contributed by atoms with Crippen LogP contribution in [-0.4, -0.2) is 5.84 Å². The van der Waals surface area contributed by atoms with E-state index in [0.717, 1.165) is 11.1 Å². The Morgan fingerprint density at radius 2 is 2.33 bits per heavy atom. The molecule has 0 fully saturated rings. The molecular formula is C6H8N2S. The second-order valence-electron chi connectivity index (χ2n) is 1.88. The Hall–Kier alpha value is -0.830. The van der Waals surface area contributed by atoms with E-state index in [1.54, 1.807) is 11.3 Å². The van der Waals surface area contributed by atoms with Crippen LogP contribution < -0.4 is 5.73 Å². The molecule has 0 saturated carbocycles. The molecular weight excluding hydrogens is 132 g/mol. The van der Waals surface area contributed by atoms with Crippen molar-refractivity contribution in [2.45, 2.75) is 6.92 Å². The predicted molar refractivity (Wildman–Crippen MR) is 40.1 cm³/mol. The van der Waals surface area contributed by atoms with Gasteiger partial charge >= 0.3 is 0 Å². The molecule has 9 heavy (non-hydrogen) atoms. The van der Waals surface area contributed by atoms with E-state index in [1.807, 2.05) is 17.7 Å². The van der Waals surface area contributed by atoms with E-state index in [-0.39, 0.29) is 5.84 Å². The fourth-order valence-corrected chi connectivity index (χ4v) is 1.48. The van der Waals surface area contributed by atoms with Crippen LogP contribution in [0.15, 0.2) is 10.8 Å². The van der Waals surface area contributed by atoms with Crippen molar-refractivity contribution < 1.29 is 0 Å². The van der Waals surface area contributed by atoms with Crippen molar-refractivity contribution >= 4 is 17.2 Å². The number of hydrogen-bond acceptors (Lipinski definition) is 2. The SMILES string of the molecule is Cc1cscc1C(=N)N. The molecule has 0 aliphatic carbocycles. The van der Waals surface area contributed by atoms with Gasteiger partial charge in [-0.1, -0.05) is 0 Å². The van der Waals surface area contributed by atoms with Crippen LogP contribution >= 0.6 is 11.3 Å². The zero-order chi connectivity index (χ0) is 6.85. The number of nitrogens with two attached hydrogens (primary N) is 1. The fourth-order valence-electron chi connectivity index (χ4n) is 0.636. The summed E-state index contributed by atoms with van der Waals surface area (Å²) in [7, 11) is 0. The van der Waals surface area contributed by atoms with Gasteiger partial charge in [0.2, 0.25) is 0 Å². The minimum atomic E-state index is 0.161. The molecule has 0 aliphatic heterocycles. The van der Waals surface area contributed by atoms with Crippen molar-refractivity contribution in [1.29, 1.82) is 5.41 Å². The van der Waals surface area contributed by atoms with Crippen molar-refractivity contribution in [2.75, 3.05) is 0 Å². The minimum absolute atomic E-state index is 0.161. The molecule has 0 radical (unpaired) electrons. The molecule has 0 bridgehead atoms. The van der Waals surface area contributed by atoms with Gasteiger partial charge in [-0.15, -0.1) is 0 Å². The fraction of sp³-hybridized carbons (Fsp3) is 0.167. The number of aryl methyl sites for hydroxylation is 1. The van der Waals surface area contributed by atoms with Crippen molar-refractivity contribution in [3.63, 3.8) is 0 Å². The van der Waals surface area contributed by atoms with Gasteiger partial charge in [-0.25, -0.2) is 0 Å². The number of nitrogens with one attached hydrogen (secondary N) is 1. The molecule has 2 nitrogen and oxygen atoms in total. The van der Waals surface area contributed by atoms with E-state index in [1.165, 1.54) is 0 Å². The van der Waals surface area contributed by atoms with Gasteiger partial charge in [-0.2, -0.15) is 11.3 Å². The molecule has 3 N–H and O–H groups in total. The summed E-state index contributed by atoms with van der Waals surface area (Å²) in [6.07, 6.45) is 0. The van der Waals surface area contributed by atoms with E-state index >= 15 is 0 Å². The van der Waals surface area contributed by atoms with Crippen molar-refractivity contribution in [2.24, 2.45) is 5.73 Å². The Kier molecular flexibility index (Phi) is 1.53.